The lowest BCUT2D eigenvalue weighted by Gasteiger charge is -2.15. The van der Waals surface area contributed by atoms with Crippen molar-refractivity contribution in [2.24, 2.45) is 0 Å². The largest absolute Gasteiger partial charge is 0.493 e. The molecule has 0 aliphatic heterocycles. The first-order valence-corrected chi connectivity index (χ1v) is 7.64. The summed E-state index contributed by atoms with van der Waals surface area (Å²) in [4.78, 5) is 12.0. The smallest absolute Gasteiger partial charge is 0.238 e. The molecule has 0 spiro atoms. The quantitative estimate of drug-likeness (QED) is 0.805. The molecule has 2 rings (SSSR count). The molecule has 134 valence electrons. The monoisotopic (exact) mass is 350 g/mol. The molecular weight excluding hydrogens is 330 g/mol. The van der Waals surface area contributed by atoms with Crippen LogP contribution in [0.5, 0.6) is 11.5 Å². The zero-order valence-corrected chi connectivity index (χ0v) is 14.2. The molecule has 1 amide bonds. The number of anilines is 1. The molecule has 0 saturated carbocycles. The Balaban J connectivity index is 1.93. The second kappa shape index (κ2) is 8.43. The molecule has 0 aliphatic rings. The van der Waals surface area contributed by atoms with Crippen molar-refractivity contribution in [2.45, 2.75) is 13.0 Å². The molecule has 0 aliphatic carbocycles. The third kappa shape index (κ3) is 4.90. The van der Waals surface area contributed by atoms with Crippen molar-refractivity contribution in [1.82, 2.24) is 5.32 Å². The summed E-state index contributed by atoms with van der Waals surface area (Å²) in [5.74, 6) is -1.03. The molecular formula is C18H20F2N2O3. The molecule has 2 aromatic rings. The SMILES string of the molecule is COc1ccc(NC(=O)CN[C@H](C)c2ccc(F)c(F)c2)cc1OC. The van der Waals surface area contributed by atoms with Gasteiger partial charge in [0.15, 0.2) is 23.1 Å². The number of methoxy groups -OCH3 is 2. The van der Waals surface area contributed by atoms with Crippen LogP contribution in [0.3, 0.4) is 0 Å². The average Bonchev–Trinajstić information content (AvgIpc) is 2.61. The van der Waals surface area contributed by atoms with E-state index in [9.17, 15) is 13.6 Å². The zero-order valence-electron chi connectivity index (χ0n) is 14.2. The highest BCUT2D eigenvalue weighted by atomic mass is 19.2. The van der Waals surface area contributed by atoms with E-state index in [-0.39, 0.29) is 18.5 Å². The van der Waals surface area contributed by atoms with Crippen molar-refractivity contribution in [3.8, 4) is 11.5 Å². The van der Waals surface area contributed by atoms with Crippen LogP contribution in [-0.4, -0.2) is 26.7 Å². The first-order chi connectivity index (χ1) is 11.9. The topological polar surface area (TPSA) is 59.6 Å². The molecule has 0 aromatic heterocycles. The number of halogens is 2. The van der Waals surface area contributed by atoms with E-state index in [1.165, 1.54) is 20.3 Å². The van der Waals surface area contributed by atoms with Crippen molar-refractivity contribution in [1.29, 1.82) is 0 Å². The van der Waals surface area contributed by atoms with Crippen LogP contribution in [0.1, 0.15) is 18.5 Å². The maximum Gasteiger partial charge on any atom is 0.238 e. The first-order valence-electron chi connectivity index (χ1n) is 7.64. The van der Waals surface area contributed by atoms with Gasteiger partial charge >= 0.3 is 0 Å². The second-order valence-corrected chi connectivity index (χ2v) is 5.39. The number of hydrogen-bond acceptors (Lipinski definition) is 4. The van der Waals surface area contributed by atoms with Gasteiger partial charge in [-0.2, -0.15) is 0 Å². The van der Waals surface area contributed by atoms with E-state index in [1.54, 1.807) is 25.1 Å². The Morgan fingerprint density at radius 3 is 2.40 bits per heavy atom. The fourth-order valence-electron chi connectivity index (χ4n) is 2.26. The Morgan fingerprint density at radius 1 is 1.04 bits per heavy atom. The van der Waals surface area contributed by atoms with Gasteiger partial charge in [-0.3, -0.25) is 4.79 Å². The molecule has 0 unspecified atom stereocenters. The van der Waals surface area contributed by atoms with Crippen LogP contribution in [-0.2, 0) is 4.79 Å². The highest BCUT2D eigenvalue weighted by Crippen LogP contribution is 2.29. The van der Waals surface area contributed by atoms with Crippen LogP contribution < -0.4 is 20.1 Å². The molecule has 5 nitrogen and oxygen atoms in total. The van der Waals surface area contributed by atoms with Crippen LogP contribution >= 0.6 is 0 Å². The summed E-state index contributed by atoms with van der Waals surface area (Å²) in [7, 11) is 3.04. The molecule has 2 aromatic carbocycles. The van der Waals surface area contributed by atoms with Gasteiger partial charge in [0.05, 0.1) is 20.8 Å². The Hall–Kier alpha value is -2.67. The van der Waals surface area contributed by atoms with Crippen molar-refractivity contribution >= 4 is 11.6 Å². The minimum atomic E-state index is -0.916. The van der Waals surface area contributed by atoms with E-state index in [4.69, 9.17) is 9.47 Å². The minimum Gasteiger partial charge on any atom is -0.493 e. The molecule has 0 bridgehead atoms. The maximum absolute atomic E-state index is 13.3. The van der Waals surface area contributed by atoms with Crippen LogP contribution in [0.4, 0.5) is 14.5 Å². The van der Waals surface area contributed by atoms with Gasteiger partial charge in [0.1, 0.15) is 0 Å². The highest BCUT2D eigenvalue weighted by Gasteiger charge is 2.12. The summed E-state index contributed by atoms with van der Waals surface area (Å²) in [6, 6.07) is 8.36. The van der Waals surface area contributed by atoms with Crippen molar-refractivity contribution in [3.05, 3.63) is 53.6 Å². The third-order valence-electron chi connectivity index (χ3n) is 3.68. The predicted molar refractivity (Wildman–Crippen MR) is 91.0 cm³/mol. The average molecular weight is 350 g/mol. The van der Waals surface area contributed by atoms with Gasteiger partial charge in [0.2, 0.25) is 5.91 Å². The fourth-order valence-corrected chi connectivity index (χ4v) is 2.26. The molecule has 2 N–H and O–H groups in total. The maximum atomic E-state index is 13.3. The highest BCUT2D eigenvalue weighted by molar-refractivity contribution is 5.92. The lowest BCUT2D eigenvalue weighted by Crippen LogP contribution is -2.30. The first kappa shape index (κ1) is 18.7. The van der Waals surface area contributed by atoms with Crippen molar-refractivity contribution in [3.63, 3.8) is 0 Å². The van der Waals surface area contributed by atoms with E-state index in [1.807, 2.05) is 0 Å². The number of carbonyl (C=O) groups is 1. The summed E-state index contributed by atoms with van der Waals surface area (Å²) in [6.45, 7) is 1.77. The Labute approximate surface area is 144 Å². The summed E-state index contributed by atoms with van der Waals surface area (Å²) in [6.07, 6.45) is 0. The third-order valence-corrected chi connectivity index (χ3v) is 3.68. The van der Waals surface area contributed by atoms with E-state index < -0.39 is 11.6 Å². The summed E-state index contributed by atoms with van der Waals surface area (Å²) >= 11 is 0. The number of hydrogen-bond donors (Lipinski definition) is 2. The van der Waals surface area contributed by atoms with Crippen LogP contribution in [0.15, 0.2) is 36.4 Å². The molecule has 0 fully saturated rings. The van der Waals surface area contributed by atoms with Gasteiger partial charge in [-0.25, -0.2) is 8.78 Å². The molecule has 0 heterocycles. The molecule has 1 atom stereocenters. The zero-order chi connectivity index (χ0) is 18.4. The lowest BCUT2D eigenvalue weighted by molar-refractivity contribution is -0.115. The number of carbonyl (C=O) groups excluding carboxylic acids is 1. The Morgan fingerprint density at radius 2 is 1.76 bits per heavy atom. The summed E-state index contributed by atoms with van der Waals surface area (Å²) in [5.41, 5.74) is 1.11. The predicted octanol–water partition coefficient (Wildman–Crippen LogP) is 3.27. The van der Waals surface area contributed by atoms with E-state index in [2.05, 4.69) is 10.6 Å². The standard InChI is InChI=1S/C18H20F2N2O3/c1-11(12-4-6-14(19)15(20)8-12)21-10-18(23)22-13-5-7-16(24-2)17(9-13)25-3/h4-9,11,21H,10H2,1-3H3,(H,22,23)/t11-/m1/s1. The van der Waals surface area contributed by atoms with E-state index in [0.29, 0.717) is 22.7 Å². The fraction of sp³-hybridized carbons (Fsp3) is 0.278. The number of rotatable bonds is 7. The second-order valence-electron chi connectivity index (χ2n) is 5.39. The molecule has 0 radical (unpaired) electrons. The molecule has 25 heavy (non-hydrogen) atoms. The van der Waals surface area contributed by atoms with Gasteiger partial charge in [-0.1, -0.05) is 6.07 Å². The van der Waals surface area contributed by atoms with Crippen molar-refractivity contribution in [2.75, 3.05) is 26.1 Å². The van der Waals surface area contributed by atoms with Gasteiger partial charge in [-0.15, -0.1) is 0 Å². The summed E-state index contributed by atoms with van der Waals surface area (Å²) < 4.78 is 36.5. The van der Waals surface area contributed by atoms with E-state index in [0.717, 1.165) is 12.1 Å². The molecule has 7 heteroatoms. The van der Waals surface area contributed by atoms with Gasteiger partial charge in [0, 0.05) is 17.8 Å². The minimum absolute atomic E-state index is 0.00844. The lowest BCUT2D eigenvalue weighted by atomic mass is 10.1. The van der Waals surface area contributed by atoms with Crippen LogP contribution in [0, 0.1) is 11.6 Å². The Bertz CT molecular complexity index is 753. The number of nitrogens with one attached hydrogen (secondary N) is 2. The molecule has 0 saturated heterocycles. The van der Waals surface area contributed by atoms with Crippen molar-refractivity contribution < 1.29 is 23.0 Å². The number of benzene rings is 2. The van der Waals surface area contributed by atoms with Gasteiger partial charge in [-0.05, 0) is 36.8 Å². The van der Waals surface area contributed by atoms with Crippen LogP contribution in [0.2, 0.25) is 0 Å². The Kier molecular flexibility index (Phi) is 6.30. The van der Waals surface area contributed by atoms with E-state index >= 15 is 0 Å². The number of amides is 1. The normalized spacial score (nSPS) is 11.7. The summed E-state index contributed by atoms with van der Waals surface area (Å²) in [5, 5.41) is 5.68. The van der Waals surface area contributed by atoms with Gasteiger partial charge < -0.3 is 20.1 Å². The van der Waals surface area contributed by atoms with Gasteiger partial charge in [0.25, 0.3) is 0 Å². The number of ether oxygens (including phenoxy) is 2. The van der Waals surface area contributed by atoms with Crippen LogP contribution in [0.25, 0.3) is 0 Å².